The third-order valence-electron chi connectivity index (χ3n) is 9.04. The van der Waals surface area contributed by atoms with Crippen LogP contribution in [0.5, 0.6) is 0 Å². The SMILES string of the molecule is NC(Cc1c[nH]c2ccccc12)C(=O)C1CCCc2c1ccc1c2ccc2ccccc21.O=C(O)c1cc2ccccc2cn1. The van der Waals surface area contributed by atoms with Gasteiger partial charge in [-0.3, -0.25) is 4.79 Å². The number of pyridine rings is 1. The van der Waals surface area contributed by atoms with Gasteiger partial charge >= 0.3 is 5.97 Å². The van der Waals surface area contributed by atoms with E-state index < -0.39 is 12.0 Å². The number of para-hydroxylation sites is 1. The van der Waals surface area contributed by atoms with Crippen molar-refractivity contribution in [3.63, 3.8) is 0 Å². The molecule has 0 amide bonds. The highest BCUT2D eigenvalue weighted by Crippen LogP contribution is 2.39. The number of hydrogen-bond acceptors (Lipinski definition) is 4. The molecule has 8 rings (SSSR count). The zero-order valence-corrected chi connectivity index (χ0v) is 24.7. The lowest BCUT2D eigenvalue weighted by Gasteiger charge is -2.28. The molecule has 2 atom stereocenters. The fourth-order valence-corrected chi connectivity index (χ4v) is 6.80. The van der Waals surface area contributed by atoms with E-state index in [9.17, 15) is 9.59 Å². The van der Waals surface area contributed by atoms with Crippen LogP contribution in [-0.2, 0) is 17.6 Å². The second-order valence-electron chi connectivity index (χ2n) is 11.8. The van der Waals surface area contributed by atoms with Gasteiger partial charge in [-0.1, -0.05) is 91.0 Å². The molecule has 45 heavy (non-hydrogen) atoms. The Hall–Kier alpha value is -5.33. The molecule has 4 N–H and O–H groups in total. The molecular weight excluding hydrogens is 558 g/mol. The van der Waals surface area contributed by atoms with Crippen LogP contribution < -0.4 is 5.73 Å². The Morgan fingerprint density at radius 1 is 0.822 bits per heavy atom. The van der Waals surface area contributed by atoms with Gasteiger partial charge in [0, 0.05) is 34.6 Å². The van der Waals surface area contributed by atoms with Crippen molar-refractivity contribution in [3.8, 4) is 0 Å². The van der Waals surface area contributed by atoms with Crippen molar-refractivity contribution in [1.29, 1.82) is 0 Å². The normalized spacial score (nSPS) is 15.0. The summed E-state index contributed by atoms with van der Waals surface area (Å²) in [6, 6.07) is 34.1. The molecule has 5 aromatic carbocycles. The second kappa shape index (κ2) is 12.0. The van der Waals surface area contributed by atoms with Gasteiger partial charge in [0.1, 0.15) is 5.69 Å². The number of ketones is 1. The lowest BCUT2D eigenvalue weighted by molar-refractivity contribution is -0.122. The molecule has 2 heterocycles. The largest absolute Gasteiger partial charge is 0.477 e. The third kappa shape index (κ3) is 5.45. The Bertz CT molecular complexity index is 2220. The topological polar surface area (TPSA) is 109 Å². The van der Waals surface area contributed by atoms with Crippen LogP contribution in [0, 0.1) is 0 Å². The summed E-state index contributed by atoms with van der Waals surface area (Å²) in [5.41, 5.74) is 11.3. The van der Waals surface area contributed by atoms with Crippen LogP contribution >= 0.6 is 0 Å². The first-order chi connectivity index (χ1) is 22.0. The van der Waals surface area contributed by atoms with Gasteiger partial charge in [-0.25, -0.2) is 9.78 Å². The van der Waals surface area contributed by atoms with Crippen molar-refractivity contribution >= 4 is 55.0 Å². The number of carboxylic acids is 1. The van der Waals surface area contributed by atoms with E-state index in [4.69, 9.17) is 10.8 Å². The van der Waals surface area contributed by atoms with Crippen molar-refractivity contribution in [2.75, 3.05) is 0 Å². The molecule has 0 radical (unpaired) electrons. The van der Waals surface area contributed by atoms with Gasteiger partial charge in [0.2, 0.25) is 0 Å². The zero-order valence-electron chi connectivity index (χ0n) is 24.7. The first-order valence-corrected chi connectivity index (χ1v) is 15.3. The lowest BCUT2D eigenvalue weighted by atomic mass is 9.76. The number of aromatic nitrogens is 2. The minimum Gasteiger partial charge on any atom is -0.477 e. The van der Waals surface area contributed by atoms with Gasteiger partial charge in [-0.15, -0.1) is 0 Å². The van der Waals surface area contributed by atoms with E-state index in [-0.39, 0.29) is 17.4 Å². The Balaban J connectivity index is 0.000000209. The standard InChI is InChI=1S/C29H26N2O.C10H7NO2/c30-27(16-19-17-31-28-11-4-3-8-21(19)28)29(32)26-10-5-9-22-24-13-12-18-6-1-2-7-20(18)23(24)14-15-25(22)26;12-10(13)9-5-7-3-1-2-4-8(7)6-11-9/h1-4,6-8,11-15,17,26-27,31H,5,9-10,16,30H2;1-6H,(H,12,13). The van der Waals surface area contributed by atoms with Crippen LogP contribution in [0.3, 0.4) is 0 Å². The van der Waals surface area contributed by atoms with Gasteiger partial charge in [-0.05, 0) is 81.4 Å². The first-order valence-electron chi connectivity index (χ1n) is 15.3. The summed E-state index contributed by atoms with van der Waals surface area (Å²) in [4.78, 5) is 31.2. The number of nitrogens with two attached hydrogens (primary N) is 1. The van der Waals surface area contributed by atoms with Crippen molar-refractivity contribution in [1.82, 2.24) is 9.97 Å². The summed E-state index contributed by atoms with van der Waals surface area (Å²) in [5, 5.41) is 16.8. The minimum absolute atomic E-state index is 0.0821. The van der Waals surface area contributed by atoms with Crippen molar-refractivity contribution < 1.29 is 14.7 Å². The molecule has 0 spiro atoms. The average Bonchev–Trinajstić information content (AvgIpc) is 3.49. The van der Waals surface area contributed by atoms with Crippen molar-refractivity contribution in [2.45, 2.75) is 37.6 Å². The average molecular weight is 592 g/mol. The first kappa shape index (κ1) is 28.4. The molecule has 222 valence electrons. The van der Waals surface area contributed by atoms with E-state index in [2.05, 4.69) is 70.6 Å². The Morgan fingerprint density at radius 2 is 1.53 bits per heavy atom. The highest BCUT2D eigenvalue weighted by molar-refractivity contribution is 6.09. The van der Waals surface area contributed by atoms with E-state index in [0.29, 0.717) is 6.42 Å². The molecule has 0 fully saturated rings. The molecule has 0 bridgehead atoms. The van der Waals surface area contributed by atoms with E-state index in [1.807, 2.05) is 42.6 Å². The number of carboxylic acid groups (broad SMARTS) is 1. The Labute approximate surface area is 260 Å². The summed E-state index contributed by atoms with van der Waals surface area (Å²) < 4.78 is 0. The number of carbonyl (C=O) groups is 2. The van der Waals surface area contributed by atoms with Gasteiger partial charge < -0.3 is 15.8 Å². The summed E-state index contributed by atoms with van der Waals surface area (Å²) in [5.74, 6) is -0.947. The maximum Gasteiger partial charge on any atom is 0.354 e. The molecule has 2 aromatic heterocycles. The summed E-state index contributed by atoms with van der Waals surface area (Å²) in [6.07, 6.45) is 7.05. The molecule has 0 saturated carbocycles. The van der Waals surface area contributed by atoms with Crippen LogP contribution in [0.25, 0.3) is 43.2 Å². The fourth-order valence-electron chi connectivity index (χ4n) is 6.80. The van der Waals surface area contributed by atoms with Crippen LogP contribution in [-0.4, -0.2) is 32.9 Å². The smallest absolute Gasteiger partial charge is 0.354 e. The number of aromatic carboxylic acids is 1. The molecule has 0 saturated heterocycles. The number of Topliss-reactive ketones (excluding diaryl/α,β-unsaturated/α-hetero) is 1. The minimum atomic E-state index is -0.995. The predicted octanol–water partition coefficient (Wildman–Crippen LogP) is 7.97. The number of carbonyl (C=O) groups excluding carboxylic acids is 1. The zero-order chi connectivity index (χ0) is 30.9. The molecule has 1 aliphatic rings. The summed E-state index contributed by atoms with van der Waals surface area (Å²) >= 11 is 0. The molecule has 1 aliphatic carbocycles. The van der Waals surface area contributed by atoms with Gasteiger partial charge in [0.25, 0.3) is 0 Å². The van der Waals surface area contributed by atoms with E-state index >= 15 is 0 Å². The number of nitrogens with one attached hydrogen (secondary N) is 1. The molecule has 7 aromatic rings. The number of benzene rings is 5. The summed E-state index contributed by atoms with van der Waals surface area (Å²) in [7, 11) is 0. The number of aromatic amines is 1. The Kier molecular flexibility index (Phi) is 7.57. The maximum atomic E-state index is 13.5. The predicted molar refractivity (Wildman–Crippen MR) is 181 cm³/mol. The van der Waals surface area contributed by atoms with Crippen molar-refractivity contribution in [2.24, 2.45) is 5.73 Å². The fraction of sp³-hybridized carbons (Fsp3) is 0.154. The molecule has 2 unspecified atom stereocenters. The molecule has 6 heteroatoms. The molecule has 0 aliphatic heterocycles. The lowest BCUT2D eigenvalue weighted by Crippen LogP contribution is -2.37. The Morgan fingerprint density at radius 3 is 2.36 bits per heavy atom. The quantitative estimate of drug-likeness (QED) is 0.176. The third-order valence-corrected chi connectivity index (χ3v) is 9.04. The number of rotatable bonds is 5. The monoisotopic (exact) mass is 591 g/mol. The van der Waals surface area contributed by atoms with E-state index in [1.54, 1.807) is 12.3 Å². The maximum absolute atomic E-state index is 13.5. The number of nitrogens with zero attached hydrogens (tertiary/aromatic N) is 1. The van der Waals surface area contributed by atoms with Gasteiger partial charge in [-0.2, -0.15) is 0 Å². The van der Waals surface area contributed by atoms with Gasteiger partial charge in [0.05, 0.1) is 6.04 Å². The highest BCUT2D eigenvalue weighted by Gasteiger charge is 2.31. The van der Waals surface area contributed by atoms with Crippen LogP contribution in [0.1, 0.15) is 45.9 Å². The van der Waals surface area contributed by atoms with Crippen LogP contribution in [0.4, 0.5) is 0 Å². The number of H-pyrrole nitrogens is 1. The molecular formula is C39H33N3O3. The van der Waals surface area contributed by atoms with Crippen LogP contribution in [0.15, 0.2) is 116 Å². The molecule has 6 nitrogen and oxygen atoms in total. The number of aryl methyl sites for hydroxylation is 1. The van der Waals surface area contributed by atoms with E-state index in [0.717, 1.165) is 46.5 Å². The van der Waals surface area contributed by atoms with E-state index in [1.165, 1.54) is 32.7 Å². The highest BCUT2D eigenvalue weighted by atomic mass is 16.4. The number of hydrogen-bond donors (Lipinski definition) is 3. The second-order valence-corrected chi connectivity index (χ2v) is 11.8. The van der Waals surface area contributed by atoms with Gasteiger partial charge in [0.15, 0.2) is 5.78 Å². The summed E-state index contributed by atoms with van der Waals surface area (Å²) in [6.45, 7) is 0. The van der Waals surface area contributed by atoms with Crippen LogP contribution in [0.2, 0.25) is 0 Å². The van der Waals surface area contributed by atoms with Crippen molar-refractivity contribution in [3.05, 3.63) is 138 Å². The number of fused-ring (bicyclic) bond motifs is 7.